The Morgan fingerprint density at radius 2 is 2.11 bits per heavy atom. The highest BCUT2D eigenvalue weighted by atomic mass is 16.5. The molecule has 1 aromatic carbocycles. The molecule has 2 heterocycles. The lowest BCUT2D eigenvalue weighted by molar-refractivity contribution is -0.137. The number of H-pyrrole nitrogens is 1. The van der Waals surface area contributed by atoms with Crippen LogP contribution in [0.1, 0.15) is 54.7 Å². The van der Waals surface area contributed by atoms with E-state index in [1.807, 2.05) is 29.2 Å². The second-order valence-corrected chi connectivity index (χ2v) is 7.81. The Morgan fingerprint density at radius 1 is 1.29 bits per heavy atom. The Hall–Kier alpha value is -2.63. The summed E-state index contributed by atoms with van der Waals surface area (Å²) < 4.78 is 5.26. The van der Waals surface area contributed by atoms with Crippen LogP contribution in [0.5, 0.6) is 5.75 Å². The molecule has 1 N–H and O–H groups in total. The van der Waals surface area contributed by atoms with E-state index in [4.69, 9.17) is 9.72 Å². The van der Waals surface area contributed by atoms with Crippen molar-refractivity contribution >= 4 is 5.91 Å². The van der Waals surface area contributed by atoms with Gasteiger partial charge < -0.3 is 14.6 Å². The normalized spacial score (nSPS) is 17.2. The number of amides is 1. The van der Waals surface area contributed by atoms with Crippen LogP contribution in [-0.2, 0) is 24.2 Å². The highest BCUT2D eigenvalue weighted by molar-refractivity contribution is 5.79. The first-order valence-electron chi connectivity index (χ1n) is 10.2. The topological polar surface area (TPSA) is 75.3 Å². The zero-order valence-electron chi connectivity index (χ0n) is 16.4. The predicted molar refractivity (Wildman–Crippen MR) is 106 cm³/mol. The number of methoxy groups -OCH3 is 1. The largest absolute Gasteiger partial charge is 0.497 e. The predicted octanol–water partition coefficient (Wildman–Crippen LogP) is 2.83. The molecule has 4 rings (SSSR count). The molecule has 2 aliphatic rings. The average molecular weight is 381 g/mol. The SMILES string of the molecule is COc1cccc(Cc2nc3c(c(=O)[nH]2)CN(C(=O)C2CCCCC2)CC3)c1. The molecule has 0 atom stereocenters. The molecular formula is C22H27N3O3. The molecular weight excluding hydrogens is 354 g/mol. The first-order chi connectivity index (χ1) is 13.6. The first kappa shape index (κ1) is 18.7. The smallest absolute Gasteiger partial charge is 0.256 e. The molecule has 1 aliphatic heterocycles. The van der Waals surface area contributed by atoms with Gasteiger partial charge in [-0.1, -0.05) is 31.4 Å². The molecule has 2 aromatic rings. The highest BCUT2D eigenvalue weighted by Gasteiger charge is 2.30. The van der Waals surface area contributed by atoms with Crippen LogP contribution >= 0.6 is 0 Å². The molecule has 1 aromatic heterocycles. The Labute approximate surface area is 164 Å². The zero-order valence-corrected chi connectivity index (χ0v) is 16.4. The fourth-order valence-corrected chi connectivity index (χ4v) is 4.33. The number of aromatic amines is 1. The summed E-state index contributed by atoms with van der Waals surface area (Å²) in [5.74, 6) is 1.79. The number of hydrogen-bond acceptors (Lipinski definition) is 4. The Balaban J connectivity index is 1.50. The lowest BCUT2D eigenvalue weighted by atomic mass is 9.88. The molecule has 1 saturated carbocycles. The van der Waals surface area contributed by atoms with Crippen molar-refractivity contribution in [2.75, 3.05) is 13.7 Å². The van der Waals surface area contributed by atoms with Gasteiger partial charge in [0.05, 0.1) is 24.9 Å². The third kappa shape index (κ3) is 3.96. The summed E-state index contributed by atoms with van der Waals surface area (Å²) in [6, 6.07) is 7.76. The van der Waals surface area contributed by atoms with Gasteiger partial charge in [-0.05, 0) is 30.5 Å². The van der Waals surface area contributed by atoms with Crippen LogP contribution < -0.4 is 10.3 Å². The van der Waals surface area contributed by atoms with Gasteiger partial charge in [-0.15, -0.1) is 0 Å². The average Bonchev–Trinajstić information content (AvgIpc) is 2.74. The van der Waals surface area contributed by atoms with Crippen LogP contribution in [0.25, 0.3) is 0 Å². The van der Waals surface area contributed by atoms with Crippen LogP contribution in [0.3, 0.4) is 0 Å². The number of aromatic nitrogens is 2. The summed E-state index contributed by atoms with van der Waals surface area (Å²) in [5, 5.41) is 0. The highest BCUT2D eigenvalue weighted by Crippen LogP contribution is 2.27. The summed E-state index contributed by atoms with van der Waals surface area (Å²) in [7, 11) is 1.64. The van der Waals surface area contributed by atoms with Crippen molar-refractivity contribution in [3.05, 3.63) is 57.3 Å². The van der Waals surface area contributed by atoms with E-state index in [1.165, 1.54) is 6.42 Å². The molecule has 6 heteroatoms. The fraction of sp³-hybridized carbons (Fsp3) is 0.500. The molecule has 0 bridgehead atoms. The quantitative estimate of drug-likeness (QED) is 0.884. The van der Waals surface area contributed by atoms with E-state index in [0.29, 0.717) is 37.3 Å². The lowest BCUT2D eigenvalue weighted by Crippen LogP contribution is -2.43. The number of ether oxygens (including phenoxy) is 1. The van der Waals surface area contributed by atoms with Crippen LogP contribution in [-0.4, -0.2) is 34.4 Å². The number of benzene rings is 1. The van der Waals surface area contributed by atoms with E-state index in [-0.39, 0.29) is 17.4 Å². The zero-order chi connectivity index (χ0) is 19.5. The van der Waals surface area contributed by atoms with E-state index in [9.17, 15) is 9.59 Å². The van der Waals surface area contributed by atoms with E-state index >= 15 is 0 Å². The molecule has 148 valence electrons. The van der Waals surface area contributed by atoms with Gasteiger partial charge in [0.25, 0.3) is 5.56 Å². The first-order valence-corrected chi connectivity index (χ1v) is 10.2. The minimum Gasteiger partial charge on any atom is -0.497 e. The van der Waals surface area contributed by atoms with Gasteiger partial charge in [0.1, 0.15) is 11.6 Å². The van der Waals surface area contributed by atoms with E-state index in [1.54, 1.807) is 7.11 Å². The lowest BCUT2D eigenvalue weighted by Gasteiger charge is -2.32. The van der Waals surface area contributed by atoms with Crippen molar-refractivity contribution in [3.8, 4) is 5.75 Å². The number of nitrogens with one attached hydrogen (secondary N) is 1. The maximum atomic E-state index is 12.8. The van der Waals surface area contributed by atoms with Gasteiger partial charge in [-0.3, -0.25) is 9.59 Å². The van der Waals surface area contributed by atoms with Crippen LogP contribution in [0.4, 0.5) is 0 Å². The minimum atomic E-state index is -0.121. The van der Waals surface area contributed by atoms with Crippen molar-refractivity contribution in [1.29, 1.82) is 0 Å². The van der Waals surface area contributed by atoms with Crippen molar-refractivity contribution in [3.63, 3.8) is 0 Å². The van der Waals surface area contributed by atoms with Crippen molar-refractivity contribution < 1.29 is 9.53 Å². The van der Waals surface area contributed by atoms with Gasteiger partial charge in [0, 0.05) is 25.3 Å². The third-order valence-electron chi connectivity index (χ3n) is 5.89. The fourth-order valence-electron chi connectivity index (χ4n) is 4.33. The van der Waals surface area contributed by atoms with Crippen molar-refractivity contribution in [2.45, 2.75) is 51.5 Å². The Morgan fingerprint density at radius 3 is 2.89 bits per heavy atom. The number of carbonyl (C=O) groups excluding carboxylic acids is 1. The molecule has 1 aliphatic carbocycles. The number of rotatable bonds is 4. The molecule has 0 unspecified atom stereocenters. The molecule has 28 heavy (non-hydrogen) atoms. The minimum absolute atomic E-state index is 0.121. The number of nitrogens with zero attached hydrogens (tertiary/aromatic N) is 2. The second-order valence-electron chi connectivity index (χ2n) is 7.81. The van der Waals surface area contributed by atoms with E-state index < -0.39 is 0 Å². The molecule has 0 radical (unpaired) electrons. The molecule has 6 nitrogen and oxygen atoms in total. The number of hydrogen-bond donors (Lipinski definition) is 1. The van der Waals surface area contributed by atoms with Crippen LogP contribution in [0.2, 0.25) is 0 Å². The maximum Gasteiger partial charge on any atom is 0.256 e. The van der Waals surface area contributed by atoms with E-state index in [0.717, 1.165) is 42.7 Å². The summed E-state index contributed by atoms with van der Waals surface area (Å²) in [5.41, 5.74) is 2.38. The van der Waals surface area contributed by atoms with Gasteiger partial charge in [-0.2, -0.15) is 0 Å². The van der Waals surface area contributed by atoms with E-state index in [2.05, 4.69) is 4.98 Å². The Kier molecular flexibility index (Phi) is 5.46. The summed E-state index contributed by atoms with van der Waals surface area (Å²) in [6.45, 7) is 1.03. The maximum absolute atomic E-state index is 12.8. The standard InChI is InChI=1S/C22H27N3O3/c1-28-17-9-5-6-15(12-17)13-20-23-19-10-11-25(14-18(19)21(26)24-20)22(27)16-7-3-2-4-8-16/h5-6,9,12,16H,2-4,7-8,10-11,13-14H2,1H3,(H,23,24,26). The summed E-state index contributed by atoms with van der Waals surface area (Å²) >= 11 is 0. The molecule has 0 saturated heterocycles. The second kappa shape index (κ2) is 8.17. The molecule has 1 amide bonds. The molecule has 1 fully saturated rings. The number of fused-ring (bicyclic) bond motifs is 1. The third-order valence-corrected chi connectivity index (χ3v) is 5.89. The van der Waals surface area contributed by atoms with Gasteiger partial charge >= 0.3 is 0 Å². The molecule has 0 spiro atoms. The van der Waals surface area contributed by atoms with Crippen molar-refractivity contribution in [1.82, 2.24) is 14.9 Å². The van der Waals surface area contributed by atoms with Crippen LogP contribution in [0, 0.1) is 5.92 Å². The van der Waals surface area contributed by atoms with Gasteiger partial charge in [0.15, 0.2) is 0 Å². The summed E-state index contributed by atoms with van der Waals surface area (Å²) in [4.78, 5) is 35.0. The van der Waals surface area contributed by atoms with Crippen molar-refractivity contribution in [2.24, 2.45) is 5.92 Å². The van der Waals surface area contributed by atoms with Gasteiger partial charge in [0.2, 0.25) is 5.91 Å². The van der Waals surface area contributed by atoms with Crippen LogP contribution in [0.15, 0.2) is 29.1 Å². The monoisotopic (exact) mass is 381 g/mol. The number of carbonyl (C=O) groups is 1. The summed E-state index contributed by atoms with van der Waals surface area (Å²) in [6.07, 6.45) is 6.65. The Bertz CT molecular complexity index is 915. The van der Waals surface area contributed by atoms with Gasteiger partial charge in [-0.25, -0.2) is 4.98 Å².